The Morgan fingerprint density at radius 3 is 2.89 bits per heavy atom. The van der Waals surface area contributed by atoms with Gasteiger partial charge in [0, 0.05) is 42.5 Å². The average molecular weight is 386 g/mol. The van der Waals surface area contributed by atoms with E-state index in [4.69, 9.17) is 9.40 Å². The lowest BCUT2D eigenvalue weighted by Gasteiger charge is -2.28. The van der Waals surface area contributed by atoms with Crippen LogP contribution in [0.1, 0.15) is 30.2 Å². The number of aromatic amines is 1. The molecule has 1 aromatic carbocycles. The predicted molar refractivity (Wildman–Crippen MR) is 109 cm³/mol. The lowest BCUT2D eigenvalue weighted by atomic mass is 9.89. The van der Waals surface area contributed by atoms with E-state index >= 15 is 0 Å². The quantitative estimate of drug-likeness (QED) is 0.577. The molecule has 27 heavy (non-hydrogen) atoms. The number of aromatic nitrogens is 4. The highest BCUT2D eigenvalue weighted by Gasteiger charge is 2.23. The fourth-order valence-corrected chi connectivity index (χ4v) is 4.07. The minimum absolute atomic E-state index is 0. The van der Waals surface area contributed by atoms with Gasteiger partial charge in [-0.05, 0) is 56.6 Å². The maximum Gasteiger partial charge on any atom is 0.197 e. The standard InChI is InChI=1S/C20H23N5O.ClH/c1-24-8-4-14(5-9-24)15-12-22-16-2-3-17-20(19(15)16)23-18(26-17)6-10-25-11-7-21-13-25;/h2-3,7,11-14,22H,4-6,8-10H2,1H3;1H. The summed E-state index contributed by atoms with van der Waals surface area (Å²) in [5.74, 6) is 1.38. The van der Waals surface area contributed by atoms with Crippen molar-refractivity contribution in [2.24, 2.45) is 0 Å². The molecular weight excluding hydrogens is 362 g/mol. The van der Waals surface area contributed by atoms with Crippen LogP contribution in [0.3, 0.4) is 0 Å². The minimum atomic E-state index is 0. The molecule has 4 aromatic rings. The van der Waals surface area contributed by atoms with Crippen LogP contribution in [0.5, 0.6) is 0 Å². The average Bonchev–Trinajstić information content (AvgIpc) is 3.38. The number of benzene rings is 1. The van der Waals surface area contributed by atoms with Gasteiger partial charge in [0.25, 0.3) is 0 Å². The molecule has 3 aromatic heterocycles. The van der Waals surface area contributed by atoms with Gasteiger partial charge in [0.05, 0.1) is 6.33 Å². The maximum absolute atomic E-state index is 6.04. The highest BCUT2D eigenvalue weighted by Crippen LogP contribution is 2.36. The normalized spacial score (nSPS) is 16.2. The van der Waals surface area contributed by atoms with Crippen LogP contribution in [-0.2, 0) is 13.0 Å². The molecular formula is C20H24ClN5O. The van der Waals surface area contributed by atoms with Crippen molar-refractivity contribution in [3.8, 4) is 0 Å². The van der Waals surface area contributed by atoms with Gasteiger partial charge in [-0.15, -0.1) is 12.4 Å². The number of H-pyrrole nitrogens is 1. The molecule has 0 aliphatic carbocycles. The van der Waals surface area contributed by atoms with Gasteiger partial charge in [-0.25, -0.2) is 9.97 Å². The predicted octanol–water partition coefficient (Wildman–Crippen LogP) is 3.98. The third-order valence-electron chi connectivity index (χ3n) is 5.58. The Bertz CT molecular complexity index is 1030. The molecule has 0 amide bonds. The number of nitrogens with one attached hydrogen (secondary N) is 1. The summed E-state index contributed by atoms with van der Waals surface area (Å²) in [7, 11) is 2.20. The second kappa shape index (κ2) is 7.37. The summed E-state index contributed by atoms with van der Waals surface area (Å²) in [6.07, 6.45) is 10.9. The molecule has 7 heteroatoms. The zero-order valence-corrected chi connectivity index (χ0v) is 16.2. The van der Waals surface area contributed by atoms with Gasteiger partial charge < -0.3 is 18.9 Å². The highest BCUT2D eigenvalue weighted by molar-refractivity contribution is 6.04. The topological polar surface area (TPSA) is 62.9 Å². The monoisotopic (exact) mass is 385 g/mol. The van der Waals surface area contributed by atoms with E-state index in [-0.39, 0.29) is 12.4 Å². The summed E-state index contributed by atoms with van der Waals surface area (Å²) < 4.78 is 8.08. The molecule has 1 fully saturated rings. The number of halogens is 1. The summed E-state index contributed by atoms with van der Waals surface area (Å²) in [6.45, 7) is 3.13. The Kier molecular flexibility index (Phi) is 4.93. The summed E-state index contributed by atoms with van der Waals surface area (Å²) in [4.78, 5) is 14.8. The first-order valence-corrected chi connectivity index (χ1v) is 9.31. The summed E-state index contributed by atoms with van der Waals surface area (Å²) in [5, 5.41) is 1.25. The largest absolute Gasteiger partial charge is 0.441 e. The Hall–Kier alpha value is -2.31. The van der Waals surface area contributed by atoms with E-state index in [2.05, 4.69) is 34.2 Å². The van der Waals surface area contributed by atoms with E-state index in [1.807, 2.05) is 23.2 Å². The number of hydrogen-bond acceptors (Lipinski definition) is 4. The zero-order valence-electron chi connectivity index (χ0n) is 15.4. The molecule has 0 unspecified atom stereocenters. The molecule has 4 heterocycles. The third kappa shape index (κ3) is 3.35. The van der Waals surface area contributed by atoms with E-state index in [9.17, 15) is 0 Å². The number of likely N-dealkylation sites (tertiary alicyclic amines) is 1. The number of imidazole rings is 1. The Morgan fingerprint density at radius 1 is 1.26 bits per heavy atom. The van der Waals surface area contributed by atoms with E-state index in [0.717, 1.165) is 48.6 Å². The first-order valence-electron chi connectivity index (χ1n) is 9.31. The van der Waals surface area contributed by atoms with Gasteiger partial charge in [0.15, 0.2) is 11.5 Å². The number of fused-ring (bicyclic) bond motifs is 3. The molecule has 1 aliphatic heterocycles. The van der Waals surface area contributed by atoms with Gasteiger partial charge in [0.2, 0.25) is 0 Å². The zero-order chi connectivity index (χ0) is 17.5. The molecule has 5 rings (SSSR count). The van der Waals surface area contributed by atoms with E-state index in [1.165, 1.54) is 23.8 Å². The van der Waals surface area contributed by atoms with Crippen LogP contribution in [0.25, 0.3) is 22.0 Å². The van der Waals surface area contributed by atoms with Gasteiger partial charge in [0.1, 0.15) is 5.52 Å². The maximum atomic E-state index is 6.04. The summed E-state index contributed by atoms with van der Waals surface area (Å²) in [6, 6.07) is 4.14. The van der Waals surface area contributed by atoms with Crippen LogP contribution in [0.4, 0.5) is 0 Å². The van der Waals surface area contributed by atoms with E-state index in [1.54, 1.807) is 6.20 Å². The Labute approximate surface area is 164 Å². The molecule has 6 nitrogen and oxygen atoms in total. The van der Waals surface area contributed by atoms with Gasteiger partial charge in [-0.1, -0.05) is 0 Å². The molecule has 1 aliphatic rings. The summed E-state index contributed by atoms with van der Waals surface area (Å²) in [5.41, 5.74) is 4.43. The first-order chi connectivity index (χ1) is 12.8. The Balaban J connectivity index is 0.00000180. The number of rotatable bonds is 4. The van der Waals surface area contributed by atoms with Crippen molar-refractivity contribution < 1.29 is 4.42 Å². The SMILES string of the molecule is CN1CCC(c2c[nH]c3ccc4oc(CCn5ccnc5)nc4c23)CC1.Cl. The molecule has 1 N–H and O–H groups in total. The van der Waals surface area contributed by atoms with Crippen LogP contribution in [0.2, 0.25) is 0 Å². The van der Waals surface area contributed by atoms with Gasteiger partial charge in [-0.2, -0.15) is 0 Å². The second-order valence-corrected chi connectivity index (χ2v) is 7.31. The lowest BCUT2D eigenvalue weighted by Crippen LogP contribution is -2.29. The van der Waals surface area contributed by atoms with Crippen molar-refractivity contribution in [3.05, 3.63) is 48.5 Å². The van der Waals surface area contributed by atoms with Crippen molar-refractivity contribution in [2.75, 3.05) is 20.1 Å². The summed E-state index contributed by atoms with van der Waals surface area (Å²) >= 11 is 0. The van der Waals surface area contributed by atoms with Crippen molar-refractivity contribution in [1.29, 1.82) is 0 Å². The molecule has 0 saturated carbocycles. The fourth-order valence-electron chi connectivity index (χ4n) is 4.07. The smallest absolute Gasteiger partial charge is 0.197 e. The van der Waals surface area contributed by atoms with Gasteiger partial charge >= 0.3 is 0 Å². The van der Waals surface area contributed by atoms with Crippen LogP contribution >= 0.6 is 12.4 Å². The number of nitrogens with zero attached hydrogens (tertiary/aromatic N) is 4. The molecule has 142 valence electrons. The van der Waals surface area contributed by atoms with E-state index in [0.29, 0.717) is 5.92 Å². The fraction of sp³-hybridized carbons (Fsp3) is 0.400. The first kappa shape index (κ1) is 18.1. The molecule has 1 saturated heterocycles. The molecule has 0 atom stereocenters. The third-order valence-corrected chi connectivity index (χ3v) is 5.58. The van der Waals surface area contributed by atoms with Gasteiger partial charge in [-0.3, -0.25) is 0 Å². The lowest BCUT2D eigenvalue weighted by molar-refractivity contribution is 0.256. The van der Waals surface area contributed by atoms with Crippen LogP contribution < -0.4 is 0 Å². The van der Waals surface area contributed by atoms with Crippen molar-refractivity contribution >= 4 is 34.4 Å². The van der Waals surface area contributed by atoms with Crippen molar-refractivity contribution in [1.82, 2.24) is 24.4 Å². The highest BCUT2D eigenvalue weighted by atomic mass is 35.5. The van der Waals surface area contributed by atoms with Crippen molar-refractivity contribution in [2.45, 2.75) is 31.7 Å². The van der Waals surface area contributed by atoms with Crippen LogP contribution in [0, 0.1) is 0 Å². The number of oxazole rings is 1. The molecule has 0 bridgehead atoms. The van der Waals surface area contributed by atoms with Crippen LogP contribution in [0.15, 0.2) is 41.5 Å². The number of hydrogen-bond donors (Lipinski definition) is 1. The Morgan fingerprint density at radius 2 is 2.11 bits per heavy atom. The second-order valence-electron chi connectivity index (χ2n) is 7.31. The molecule has 0 spiro atoms. The van der Waals surface area contributed by atoms with Crippen LogP contribution in [-0.4, -0.2) is 44.6 Å². The number of aryl methyl sites for hydroxylation is 2. The number of piperidine rings is 1. The minimum Gasteiger partial charge on any atom is -0.441 e. The van der Waals surface area contributed by atoms with E-state index < -0.39 is 0 Å². The van der Waals surface area contributed by atoms with Crippen molar-refractivity contribution in [3.63, 3.8) is 0 Å². The molecule has 0 radical (unpaired) electrons.